The molecule has 5 rings (SSSR count). The molecule has 2 aromatic heterocycles. The lowest BCUT2D eigenvalue weighted by Gasteiger charge is -2.30. The lowest BCUT2D eigenvalue weighted by molar-refractivity contribution is -0.182. The molecule has 9 nitrogen and oxygen atoms in total. The van der Waals surface area contributed by atoms with Crippen LogP contribution in [-0.2, 0) is 11.3 Å². The Balaban J connectivity index is 1.39. The smallest absolute Gasteiger partial charge is 0.353 e. The lowest BCUT2D eigenvalue weighted by atomic mass is 9.85. The van der Waals surface area contributed by atoms with Crippen LogP contribution >= 0.6 is 23.2 Å². The molecule has 2 fully saturated rings. The summed E-state index contributed by atoms with van der Waals surface area (Å²) in [7, 11) is 0. The van der Waals surface area contributed by atoms with Gasteiger partial charge in [-0.3, -0.25) is 9.59 Å². The van der Waals surface area contributed by atoms with E-state index in [-0.39, 0.29) is 73.5 Å². The molecule has 0 spiro atoms. The molecule has 0 unspecified atom stereocenters. The number of anilines is 3. The minimum atomic E-state index is -4.25. The first-order valence-corrected chi connectivity index (χ1v) is 15.5. The van der Waals surface area contributed by atoms with E-state index in [1.807, 2.05) is 0 Å². The Labute approximate surface area is 267 Å². The number of pyridine rings is 1. The number of rotatable bonds is 7. The monoisotopic (exact) mass is 671 g/mol. The van der Waals surface area contributed by atoms with Gasteiger partial charge in [0, 0.05) is 24.5 Å². The number of alkyl halides is 4. The molecule has 45 heavy (non-hydrogen) atoms. The lowest BCUT2D eigenvalue weighted by Crippen LogP contribution is -2.40. The largest absolute Gasteiger partial charge is 0.391 e. The number of hydrogen-bond acceptors (Lipinski definition) is 6. The van der Waals surface area contributed by atoms with Crippen molar-refractivity contribution in [1.29, 1.82) is 0 Å². The van der Waals surface area contributed by atoms with Gasteiger partial charge >= 0.3 is 6.18 Å². The van der Waals surface area contributed by atoms with Gasteiger partial charge in [-0.25, -0.2) is 14.4 Å². The average Bonchev–Trinajstić information content (AvgIpc) is 3.58. The van der Waals surface area contributed by atoms with Crippen LogP contribution in [0, 0.1) is 11.3 Å². The van der Waals surface area contributed by atoms with Crippen molar-refractivity contribution in [3.63, 3.8) is 0 Å². The van der Waals surface area contributed by atoms with Crippen LogP contribution in [0.15, 0.2) is 18.2 Å². The zero-order chi connectivity index (χ0) is 32.7. The molecule has 2 amide bonds. The Kier molecular flexibility index (Phi) is 9.42. The normalized spacial score (nSPS) is 20.8. The molecule has 2 aliphatic rings. The Hall–Kier alpha value is -3.32. The highest BCUT2D eigenvalue weighted by atomic mass is 35.5. The van der Waals surface area contributed by atoms with Crippen LogP contribution in [0.2, 0.25) is 10.0 Å². The van der Waals surface area contributed by atoms with E-state index in [0.29, 0.717) is 34.0 Å². The van der Waals surface area contributed by atoms with Gasteiger partial charge in [0.1, 0.15) is 17.5 Å². The molecule has 15 heteroatoms. The number of nitrogens with one attached hydrogen (secondary N) is 4. The first kappa shape index (κ1) is 33.1. The first-order chi connectivity index (χ1) is 21.1. The van der Waals surface area contributed by atoms with Crippen molar-refractivity contribution in [2.24, 2.45) is 11.3 Å². The van der Waals surface area contributed by atoms with Crippen molar-refractivity contribution < 1.29 is 27.2 Å². The van der Waals surface area contributed by atoms with Gasteiger partial charge in [0.15, 0.2) is 5.65 Å². The predicted molar refractivity (Wildman–Crippen MR) is 166 cm³/mol. The minimum absolute atomic E-state index is 0.0540. The molecular formula is C30H35Cl2F4N7O2. The topological polar surface area (TPSA) is 115 Å². The van der Waals surface area contributed by atoms with Crippen LogP contribution < -0.4 is 20.9 Å². The number of benzene rings is 1. The molecule has 1 aliphatic heterocycles. The Morgan fingerprint density at radius 1 is 1.07 bits per heavy atom. The van der Waals surface area contributed by atoms with E-state index >= 15 is 0 Å². The van der Waals surface area contributed by atoms with E-state index < -0.39 is 35.6 Å². The molecule has 1 saturated carbocycles. The van der Waals surface area contributed by atoms with Crippen LogP contribution in [0.1, 0.15) is 68.8 Å². The maximum Gasteiger partial charge on any atom is 0.391 e. The van der Waals surface area contributed by atoms with Gasteiger partial charge in [-0.2, -0.15) is 13.2 Å². The number of aromatic nitrogens is 3. The van der Waals surface area contributed by atoms with Crippen LogP contribution in [0.3, 0.4) is 0 Å². The highest BCUT2D eigenvalue weighted by Gasteiger charge is 2.41. The van der Waals surface area contributed by atoms with Crippen LogP contribution in [0.25, 0.3) is 11.2 Å². The maximum atomic E-state index is 14.2. The van der Waals surface area contributed by atoms with E-state index in [4.69, 9.17) is 23.2 Å². The van der Waals surface area contributed by atoms with Gasteiger partial charge in [-0.1, -0.05) is 50.0 Å². The molecule has 1 aliphatic carbocycles. The second kappa shape index (κ2) is 12.8. The number of amides is 2. The van der Waals surface area contributed by atoms with Gasteiger partial charge in [0.2, 0.25) is 11.9 Å². The molecule has 1 aromatic carbocycles. The molecule has 3 aromatic rings. The van der Waals surface area contributed by atoms with Gasteiger partial charge in [-0.15, -0.1) is 0 Å². The average molecular weight is 673 g/mol. The maximum absolute atomic E-state index is 14.2. The van der Waals surface area contributed by atoms with Gasteiger partial charge < -0.3 is 25.8 Å². The van der Waals surface area contributed by atoms with Crippen LogP contribution in [-0.4, -0.2) is 58.2 Å². The SMILES string of the molecule is CC(C)(C)C(=O)NCc1ccc(Cl)c(Nc2nc3cc(C(=O)N[C@H]4CC[C@H](C(F)(F)F)CC4)c(N4CC[C@H](F)C4)nc3[nH]2)c1Cl. The quantitative estimate of drug-likeness (QED) is 0.200. The van der Waals surface area contributed by atoms with Crippen molar-refractivity contribution in [2.75, 3.05) is 23.3 Å². The summed E-state index contributed by atoms with van der Waals surface area (Å²) in [6.07, 6.45) is -4.76. The third kappa shape index (κ3) is 7.57. The van der Waals surface area contributed by atoms with E-state index in [1.54, 1.807) is 37.8 Å². The van der Waals surface area contributed by atoms with Crippen LogP contribution in [0.4, 0.5) is 35.0 Å². The van der Waals surface area contributed by atoms with E-state index in [9.17, 15) is 27.2 Å². The van der Waals surface area contributed by atoms with E-state index in [0.717, 1.165) is 0 Å². The molecule has 1 saturated heterocycles. The molecule has 244 valence electrons. The number of aromatic amines is 1. The van der Waals surface area contributed by atoms with Crippen molar-refractivity contribution in [3.8, 4) is 0 Å². The summed E-state index contributed by atoms with van der Waals surface area (Å²) in [6.45, 7) is 5.98. The number of hydrogen-bond donors (Lipinski definition) is 4. The fraction of sp³-hybridized carbons (Fsp3) is 0.533. The first-order valence-electron chi connectivity index (χ1n) is 14.8. The zero-order valence-electron chi connectivity index (χ0n) is 25.0. The summed E-state index contributed by atoms with van der Waals surface area (Å²) < 4.78 is 53.6. The zero-order valence-corrected chi connectivity index (χ0v) is 26.6. The Morgan fingerprint density at radius 3 is 2.40 bits per heavy atom. The molecular weight excluding hydrogens is 637 g/mol. The highest BCUT2D eigenvalue weighted by Crippen LogP contribution is 2.38. The summed E-state index contributed by atoms with van der Waals surface area (Å²) >= 11 is 13.1. The van der Waals surface area contributed by atoms with Gasteiger partial charge in [0.05, 0.1) is 33.8 Å². The fourth-order valence-corrected chi connectivity index (χ4v) is 6.07. The molecule has 0 radical (unpaired) electrons. The van der Waals surface area contributed by atoms with E-state index in [2.05, 4.69) is 30.9 Å². The summed E-state index contributed by atoms with van der Waals surface area (Å²) in [5.74, 6) is -1.55. The fourth-order valence-electron chi connectivity index (χ4n) is 5.54. The molecule has 0 bridgehead atoms. The second-order valence-corrected chi connectivity index (χ2v) is 13.4. The summed E-state index contributed by atoms with van der Waals surface area (Å²) in [5.41, 5.74) is 1.17. The summed E-state index contributed by atoms with van der Waals surface area (Å²) in [5, 5.41) is 9.35. The molecule has 4 N–H and O–H groups in total. The van der Waals surface area contributed by atoms with Crippen molar-refractivity contribution in [3.05, 3.63) is 39.4 Å². The third-order valence-corrected chi connectivity index (χ3v) is 8.93. The van der Waals surface area contributed by atoms with Crippen molar-refractivity contribution in [1.82, 2.24) is 25.6 Å². The number of carbonyl (C=O) groups is 2. The Bertz CT molecular complexity index is 1580. The second-order valence-electron chi connectivity index (χ2n) is 12.7. The number of imidazole rings is 1. The summed E-state index contributed by atoms with van der Waals surface area (Å²) in [4.78, 5) is 39.7. The van der Waals surface area contributed by atoms with Crippen molar-refractivity contribution >= 4 is 63.6 Å². The minimum Gasteiger partial charge on any atom is -0.353 e. The van der Waals surface area contributed by atoms with Crippen molar-refractivity contribution in [2.45, 2.75) is 77.8 Å². The van der Waals surface area contributed by atoms with Crippen LogP contribution in [0.5, 0.6) is 0 Å². The molecule has 3 heterocycles. The van der Waals surface area contributed by atoms with E-state index in [1.165, 1.54) is 6.07 Å². The third-order valence-electron chi connectivity index (χ3n) is 8.19. The highest BCUT2D eigenvalue weighted by molar-refractivity contribution is 6.39. The summed E-state index contributed by atoms with van der Waals surface area (Å²) in [6, 6.07) is 4.45. The van der Waals surface area contributed by atoms with Gasteiger partial charge in [0.25, 0.3) is 5.91 Å². The number of H-pyrrole nitrogens is 1. The number of halogens is 6. The van der Waals surface area contributed by atoms with Gasteiger partial charge in [-0.05, 0) is 49.8 Å². The number of fused-ring (bicyclic) bond motifs is 1. The predicted octanol–water partition coefficient (Wildman–Crippen LogP) is 7.07. The number of nitrogens with zero attached hydrogens (tertiary/aromatic N) is 3. The standard InChI is InChI=1S/C30H35Cl2F4N7O2/c1-29(2,3)27(45)37-13-15-4-9-20(31)23(22(15)32)40-28-39-21-12-19(25(41-24(21)42-28)43-11-10-17(33)14-43)26(44)38-18-7-5-16(6-8-18)30(34,35)36/h4,9,12,16-18H,5-8,10-11,13-14H2,1-3H3,(H,37,45)(H,38,44)(H2,39,40,41,42)/t16-,17-,18-/m0/s1. The Morgan fingerprint density at radius 2 is 1.78 bits per heavy atom. The number of carbonyl (C=O) groups excluding carboxylic acids is 2. The molecule has 1 atom stereocenters.